The smallest absolute Gasteiger partial charge is 0.258 e. The second-order valence-electron chi connectivity index (χ2n) is 4.64. The number of hydrogen-bond donors (Lipinski definition) is 1. The van der Waals surface area contributed by atoms with Crippen LogP contribution in [0.1, 0.15) is 11.1 Å². The summed E-state index contributed by atoms with van der Waals surface area (Å²) in [5.74, 6) is 0.862. The summed E-state index contributed by atoms with van der Waals surface area (Å²) in [5, 5.41) is 12.9. The zero-order chi connectivity index (χ0) is 14.8. The van der Waals surface area contributed by atoms with Crippen molar-refractivity contribution in [2.24, 2.45) is 0 Å². The van der Waals surface area contributed by atoms with Crippen LogP contribution in [0.25, 0.3) is 22.8 Å². The van der Waals surface area contributed by atoms with E-state index >= 15 is 0 Å². The molecule has 0 unspecified atom stereocenters. The van der Waals surface area contributed by atoms with E-state index < -0.39 is 0 Å². The molecule has 0 aliphatic carbocycles. The minimum atomic E-state index is 0.379. The molecule has 3 rings (SSSR count). The first kappa shape index (κ1) is 12.9. The molecule has 1 heterocycles. The van der Waals surface area contributed by atoms with Gasteiger partial charge in [-0.05, 0) is 36.8 Å². The van der Waals surface area contributed by atoms with Gasteiger partial charge in [-0.2, -0.15) is 10.2 Å². The van der Waals surface area contributed by atoms with E-state index in [0.717, 1.165) is 11.1 Å². The lowest BCUT2D eigenvalue weighted by Gasteiger charge is -2.03. The minimum Gasteiger partial charge on any atom is -0.398 e. The lowest BCUT2D eigenvalue weighted by atomic mass is 10.1. The third-order valence-corrected chi connectivity index (χ3v) is 3.28. The van der Waals surface area contributed by atoms with Crippen LogP contribution >= 0.6 is 0 Å². The normalized spacial score (nSPS) is 10.3. The van der Waals surface area contributed by atoms with Crippen molar-refractivity contribution >= 4 is 5.69 Å². The number of rotatable bonds is 2. The highest BCUT2D eigenvalue weighted by Crippen LogP contribution is 2.27. The summed E-state index contributed by atoms with van der Waals surface area (Å²) in [6.07, 6.45) is 0. The van der Waals surface area contributed by atoms with Gasteiger partial charge in [-0.3, -0.25) is 0 Å². The van der Waals surface area contributed by atoms with E-state index in [4.69, 9.17) is 15.5 Å². The Hall–Kier alpha value is -3.13. The first-order chi connectivity index (χ1) is 10.2. The maximum Gasteiger partial charge on any atom is 0.258 e. The first-order valence-electron chi connectivity index (χ1n) is 6.39. The number of nitrogen functional groups attached to an aromatic ring is 1. The Kier molecular flexibility index (Phi) is 3.13. The molecule has 21 heavy (non-hydrogen) atoms. The standard InChI is InChI=1S/C16H12N4O/c1-10-13(6-3-7-14(10)18)15-19-16(21-20-15)12-5-2-4-11(8-12)9-17/h2-8H,18H2,1H3. The molecule has 5 nitrogen and oxygen atoms in total. The molecule has 0 amide bonds. The van der Waals surface area contributed by atoms with Crippen molar-refractivity contribution < 1.29 is 4.52 Å². The fourth-order valence-corrected chi connectivity index (χ4v) is 2.07. The first-order valence-corrected chi connectivity index (χ1v) is 6.39. The molecule has 0 aliphatic heterocycles. The van der Waals surface area contributed by atoms with Gasteiger partial charge in [-0.1, -0.05) is 23.4 Å². The molecule has 0 saturated carbocycles. The second kappa shape index (κ2) is 5.10. The van der Waals surface area contributed by atoms with Crippen molar-refractivity contribution in [3.8, 4) is 28.9 Å². The van der Waals surface area contributed by atoms with Gasteiger partial charge in [-0.15, -0.1) is 0 Å². The molecule has 0 atom stereocenters. The molecular formula is C16H12N4O. The number of aromatic nitrogens is 2. The molecule has 0 radical (unpaired) electrons. The molecule has 0 aliphatic rings. The zero-order valence-electron chi connectivity index (χ0n) is 11.4. The van der Waals surface area contributed by atoms with Gasteiger partial charge in [-0.25, -0.2) is 0 Å². The van der Waals surface area contributed by atoms with E-state index in [1.54, 1.807) is 18.2 Å². The SMILES string of the molecule is Cc1c(N)cccc1-c1noc(-c2cccc(C#N)c2)n1. The predicted octanol–water partition coefficient (Wildman–Crippen LogP) is 3.17. The van der Waals surface area contributed by atoms with E-state index in [2.05, 4.69) is 16.2 Å². The van der Waals surface area contributed by atoms with Gasteiger partial charge in [0, 0.05) is 16.8 Å². The van der Waals surface area contributed by atoms with Crippen molar-refractivity contribution in [2.45, 2.75) is 6.92 Å². The number of nitrogens with two attached hydrogens (primary N) is 1. The van der Waals surface area contributed by atoms with Crippen LogP contribution in [0.3, 0.4) is 0 Å². The van der Waals surface area contributed by atoms with Crippen molar-refractivity contribution in [1.29, 1.82) is 5.26 Å². The number of benzene rings is 2. The summed E-state index contributed by atoms with van der Waals surface area (Å²) in [6, 6.07) is 14.7. The van der Waals surface area contributed by atoms with E-state index in [1.807, 2.05) is 31.2 Å². The molecule has 3 aromatic rings. The number of anilines is 1. The summed E-state index contributed by atoms with van der Waals surface area (Å²) < 4.78 is 5.29. The van der Waals surface area contributed by atoms with Crippen molar-refractivity contribution in [2.75, 3.05) is 5.73 Å². The fourth-order valence-electron chi connectivity index (χ4n) is 2.07. The van der Waals surface area contributed by atoms with Crippen LogP contribution in [0.15, 0.2) is 47.0 Å². The molecule has 0 bridgehead atoms. The van der Waals surface area contributed by atoms with Gasteiger partial charge in [0.05, 0.1) is 11.6 Å². The lowest BCUT2D eigenvalue weighted by molar-refractivity contribution is 0.432. The van der Waals surface area contributed by atoms with Gasteiger partial charge in [0.2, 0.25) is 5.82 Å². The van der Waals surface area contributed by atoms with Crippen LogP contribution in [-0.2, 0) is 0 Å². The van der Waals surface area contributed by atoms with E-state index in [1.165, 1.54) is 0 Å². The third-order valence-electron chi connectivity index (χ3n) is 3.28. The van der Waals surface area contributed by atoms with Gasteiger partial charge in [0.1, 0.15) is 0 Å². The number of nitriles is 1. The summed E-state index contributed by atoms with van der Waals surface area (Å²) in [4.78, 5) is 4.39. The van der Waals surface area contributed by atoms with Crippen LogP contribution in [0.5, 0.6) is 0 Å². The van der Waals surface area contributed by atoms with E-state index in [-0.39, 0.29) is 0 Å². The fraction of sp³-hybridized carbons (Fsp3) is 0.0625. The highest BCUT2D eigenvalue weighted by atomic mass is 16.5. The van der Waals surface area contributed by atoms with Crippen LogP contribution < -0.4 is 5.73 Å². The average molecular weight is 276 g/mol. The Morgan fingerprint density at radius 1 is 1.19 bits per heavy atom. The summed E-state index contributed by atoms with van der Waals surface area (Å²) in [5.41, 5.74) is 9.59. The van der Waals surface area contributed by atoms with Crippen molar-refractivity contribution in [3.63, 3.8) is 0 Å². The van der Waals surface area contributed by atoms with Gasteiger partial charge in [0.15, 0.2) is 0 Å². The van der Waals surface area contributed by atoms with Crippen LogP contribution in [0, 0.1) is 18.3 Å². The molecular weight excluding hydrogens is 264 g/mol. The molecule has 102 valence electrons. The Balaban J connectivity index is 2.04. The summed E-state index contributed by atoms with van der Waals surface area (Å²) >= 11 is 0. The predicted molar refractivity (Wildman–Crippen MR) is 79.0 cm³/mol. The quantitative estimate of drug-likeness (QED) is 0.726. The average Bonchev–Trinajstić information content (AvgIpc) is 3.00. The van der Waals surface area contributed by atoms with E-state index in [0.29, 0.717) is 28.5 Å². The Labute approximate surface area is 121 Å². The lowest BCUT2D eigenvalue weighted by Crippen LogP contribution is -1.92. The Morgan fingerprint density at radius 3 is 2.81 bits per heavy atom. The maximum absolute atomic E-state index is 8.93. The molecule has 1 aromatic heterocycles. The summed E-state index contributed by atoms with van der Waals surface area (Å²) in [7, 11) is 0. The monoisotopic (exact) mass is 276 g/mol. The van der Waals surface area contributed by atoms with Crippen molar-refractivity contribution in [3.05, 3.63) is 53.6 Å². The van der Waals surface area contributed by atoms with Gasteiger partial charge < -0.3 is 10.3 Å². The maximum atomic E-state index is 8.93. The van der Waals surface area contributed by atoms with E-state index in [9.17, 15) is 0 Å². The van der Waals surface area contributed by atoms with Crippen molar-refractivity contribution in [1.82, 2.24) is 10.1 Å². The number of hydrogen-bond acceptors (Lipinski definition) is 5. The number of nitrogens with zero attached hydrogens (tertiary/aromatic N) is 3. The van der Waals surface area contributed by atoms with Crippen LogP contribution in [-0.4, -0.2) is 10.1 Å². The highest BCUT2D eigenvalue weighted by molar-refractivity contribution is 5.69. The van der Waals surface area contributed by atoms with Gasteiger partial charge in [0.25, 0.3) is 5.89 Å². The molecule has 0 saturated heterocycles. The third kappa shape index (κ3) is 2.35. The molecule has 0 fully saturated rings. The zero-order valence-corrected chi connectivity index (χ0v) is 11.4. The van der Waals surface area contributed by atoms with Crippen LogP contribution in [0.4, 0.5) is 5.69 Å². The Morgan fingerprint density at radius 2 is 2.00 bits per heavy atom. The second-order valence-corrected chi connectivity index (χ2v) is 4.64. The largest absolute Gasteiger partial charge is 0.398 e. The van der Waals surface area contributed by atoms with Crippen LogP contribution in [0.2, 0.25) is 0 Å². The highest BCUT2D eigenvalue weighted by Gasteiger charge is 2.13. The summed E-state index contributed by atoms with van der Waals surface area (Å²) in [6.45, 7) is 1.91. The van der Waals surface area contributed by atoms with Gasteiger partial charge >= 0.3 is 0 Å². The minimum absolute atomic E-state index is 0.379. The Bertz CT molecular complexity index is 845. The molecule has 5 heteroatoms. The molecule has 2 aromatic carbocycles. The molecule has 0 spiro atoms. The topological polar surface area (TPSA) is 88.7 Å². The molecule has 2 N–H and O–H groups in total.